The maximum Gasteiger partial charge on any atom is 0.182 e. The molecule has 0 fully saturated rings. The van der Waals surface area contributed by atoms with Gasteiger partial charge >= 0.3 is 0 Å². The number of benzene rings is 2. The van der Waals surface area contributed by atoms with Crippen molar-refractivity contribution in [3.05, 3.63) is 56.0 Å². The van der Waals surface area contributed by atoms with Gasteiger partial charge in [0.25, 0.3) is 0 Å². The fraction of sp³-hybridized carbons (Fsp3) is 0. The molecule has 104 valence electrons. The van der Waals surface area contributed by atoms with Crippen LogP contribution < -0.4 is 0 Å². The van der Waals surface area contributed by atoms with Crippen molar-refractivity contribution in [2.45, 2.75) is 0 Å². The minimum Gasteiger partial charge on any atom is -0.330 e. The van der Waals surface area contributed by atoms with Gasteiger partial charge in [0.2, 0.25) is 0 Å². The summed E-state index contributed by atoms with van der Waals surface area (Å²) in [4.78, 5) is 3.04. The van der Waals surface area contributed by atoms with Gasteiger partial charge in [-0.05, 0) is 58.5 Å². The Morgan fingerprint density at radius 3 is 2.76 bits per heavy atom. The predicted molar refractivity (Wildman–Crippen MR) is 85.8 cm³/mol. The summed E-state index contributed by atoms with van der Waals surface area (Å²) in [5, 5.41) is 9.25. The Balaban J connectivity index is 2.43. The van der Waals surface area contributed by atoms with Gasteiger partial charge in [-0.1, -0.05) is 11.6 Å². The second-order valence-electron chi connectivity index (χ2n) is 4.33. The largest absolute Gasteiger partial charge is 0.330 e. The second kappa shape index (κ2) is 5.26. The van der Waals surface area contributed by atoms with Crippen molar-refractivity contribution in [1.29, 1.82) is 5.26 Å². The number of nitrogens with one attached hydrogen (secondary N) is 1. The molecule has 1 N–H and O–H groups in total. The Hall–Kier alpha value is -1.68. The van der Waals surface area contributed by atoms with E-state index in [0.717, 1.165) is 5.52 Å². The summed E-state index contributed by atoms with van der Waals surface area (Å²) >= 11 is 14.8. The molecule has 2 aromatic carbocycles. The first-order valence-corrected chi connectivity index (χ1v) is 7.39. The van der Waals surface area contributed by atoms with Crippen LogP contribution in [0.15, 0.2) is 34.8 Å². The molecule has 1 aromatic heterocycles. The Bertz CT molecular complexity index is 947. The third kappa shape index (κ3) is 2.38. The SMILES string of the molecule is N#Cc1ccc2[nH]c(=S)n(-c3c(Cl)cc(F)cc3Br)c2c1. The number of aromatic nitrogens is 2. The van der Waals surface area contributed by atoms with Crippen LogP contribution in [0.3, 0.4) is 0 Å². The van der Waals surface area contributed by atoms with Crippen molar-refractivity contribution in [2.75, 3.05) is 0 Å². The molecule has 0 aliphatic heterocycles. The van der Waals surface area contributed by atoms with E-state index in [2.05, 4.69) is 27.0 Å². The van der Waals surface area contributed by atoms with Crippen LogP contribution >= 0.6 is 39.7 Å². The van der Waals surface area contributed by atoms with E-state index in [0.29, 0.717) is 26.0 Å². The number of hydrogen-bond acceptors (Lipinski definition) is 2. The van der Waals surface area contributed by atoms with Crippen LogP contribution in [-0.4, -0.2) is 9.55 Å². The van der Waals surface area contributed by atoms with Gasteiger partial charge in [0.15, 0.2) is 4.77 Å². The molecule has 21 heavy (non-hydrogen) atoms. The van der Waals surface area contributed by atoms with Gasteiger partial charge in [0.1, 0.15) is 5.82 Å². The fourth-order valence-corrected chi connectivity index (χ4v) is 3.46. The van der Waals surface area contributed by atoms with Crippen LogP contribution in [0.5, 0.6) is 0 Å². The highest BCUT2D eigenvalue weighted by atomic mass is 79.9. The van der Waals surface area contributed by atoms with Gasteiger partial charge in [0.05, 0.1) is 33.4 Å². The summed E-state index contributed by atoms with van der Waals surface area (Å²) in [5.74, 6) is -0.445. The molecule has 0 saturated heterocycles. The highest BCUT2D eigenvalue weighted by molar-refractivity contribution is 9.10. The van der Waals surface area contributed by atoms with Crippen molar-refractivity contribution in [3.63, 3.8) is 0 Å². The van der Waals surface area contributed by atoms with Crippen molar-refractivity contribution in [3.8, 4) is 11.8 Å². The summed E-state index contributed by atoms with van der Waals surface area (Å²) in [7, 11) is 0. The van der Waals surface area contributed by atoms with E-state index in [1.165, 1.54) is 12.1 Å². The van der Waals surface area contributed by atoms with Crippen molar-refractivity contribution < 1.29 is 4.39 Å². The molecule has 0 atom stereocenters. The van der Waals surface area contributed by atoms with E-state index >= 15 is 0 Å². The Morgan fingerprint density at radius 1 is 1.33 bits per heavy atom. The van der Waals surface area contributed by atoms with Crippen LogP contribution in [0.1, 0.15) is 5.56 Å². The third-order valence-electron chi connectivity index (χ3n) is 3.02. The van der Waals surface area contributed by atoms with Gasteiger partial charge in [0, 0.05) is 4.47 Å². The van der Waals surface area contributed by atoms with E-state index in [-0.39, 0.29) is 5.02 Å². The molecular weight excluding hydrogens is 377 g/mol. The Labute approximate surface area is 137 Å². The molecule has 1 heterocycles. The number of hydrogen-bond donors (Lipinski definition) is 1. The Morgan fingerprint density at radius 2 is 2.10 bits per heavy atom. The summed E-state index contributed by atoms with van der Waals surface area (Å²) in [6.07, 6.45) is 0. The van der Waals surface area contributed by atoms with Gasteiger partial charge in [-0.2, -0.15) is 5.26 Å². The topological polar surface area (TPSA) is 44.5 Å². The number of rotatable bonds is 1. The summed E-state index contributed by atoms with van der Waals surface area (Å²) < 4.78 is 16.0. The Kier molecular flexibility index (Phi) is 3.57. The molecule has 7 heteroatoms. The predicted octanol–water partition coefficient (Wildman–Crippen LogP) is 5.11. The highest BCUT2D eigenvalue weighted by Crippen LogP contribution is 2.33. The normalized spacial score (nSPS) is 10.8. The average molecular weight is 383 g/mol. The van der Waals surface area contributed by atoms with Crippen molar-refractivity contribution in [2.24, 2.45) is 0 Å². The minimum atomic E-state index is -0.445. The standard InChI is InChI=1S/C14H6BrClFN3S/c15-9-4-8(17)5-10(16)13(9)20-12-3-7(6-18)1-2-11(12)19-14(20)21/h1-5H,(H,19,21). The van der Waals surface area contributed by atoms with E-state index in [1.807, 2.05) is 0 Å². The first-order valence-electron chi connectivity index (χ1n) is 5.81. The number of nitriles is 1. The number of imidazole rings is 1. The zero-order chi connectivity index (χ0) is 15.1. The number of H-pyrrole nitrogens is 1. The number of nitrogens with zero attached hydrogens (tertiary/aromatic N) is 2. The molecule has 0 radical (unpaired) electrons. The molecule has 3 rings (SSSR count). The minimum absolute atomic E-state index is 0.223. The molecule has 3 aromatic rings. The lowest BCUT2D eigenvalue weighted by atomic mass is 10.2. The lowest BCUT2D eigenvalue weighted by molar-refractivity contribution is 0.626. The number of fused-ring (bicyclic) bond motifs is 1. The smallest absolute Gasteiger partial charge is 0.182 e. The highest BCUT2D eigenvalue weighted by Gasteiger charge is 2.15. The molecule has 0 spiro atoms. The van der Waals surface area contributed by atoms with Crippen LogP contribution in [0, 0.1) is 21.9 Å². The average Bonchev–Trinajstić information content (AvgIpc) is 2.73. The summed E-state index contributed by atoms with van der Waals surface area (Å²) in [6, 6.07) is 9.78. The maximum atomic E-state index is 13.4. The lowest BCUT2D eigenvalue weighted by Gasteiger charge is -2.10. The molecule has 0 bridgehead atoms. The van der Waals surface area contributed by atoms with Crippen LogP contribution in [0.25, 0.3) is 16.7 Å². The second-order valence-corrected chi connectivity index (χ2v) is 5.98. The van der Waals surface area contributed by atoms with Gasteiger partial charge in [-0.15, -0.1) is 0 Å². The lowest BCUT2D eigenvalue weighted by Crippen LogP contribution is -1.98. The molecule has 0 aliphatic carbocycles. The van der Waals surface area contributed by atoms with Crippen molar-refractivity contribution >= 4 is 50.8 Å². The number of aromatic amines is 1. The van der Waals surface area contributed by atoms with Gasteiger partial charge < -0.3 is 4.98 Å². The summed E-state index contributed by atoms with van der Waals surface area (Å²) in [5.41, 5.74) is 2.50. The molecule has 0 aliphatic rings. The number of halogens is 3. The third-order valence-corrected chi connectivity index (χ3v) is 4.19. The van der Waals surface area contributed by atoms with E-state index in [1.54, 1.807) is 22.8 Å². The maximum absolute atomic E-state index is 13.4. The molecule has 0 saturated carbocycles. The van der Waals surface area contributed by atoms with E-state index < -0.39 is 5.82 Å². The zero-order valence-electron chi connectivity index (χ0n) is 10.3. The molecule has 3 nitrogen and oxygen atoms in total. The van der Waals surface area contributed by atoms with Gasteiger partial charge in [-0.25, -0.2) is 4.39 Å². The van der Waals surface area contributed by atoms with E-state index in [9.17, 15) is 4.39 Å². The fourth-order valence-electron chi connectivity index (χ4n) is 2.14. The summed E-state index contributed by atoms with van der Waals surface area (Å²) in [6.45, 7) is 0. The first kappa shape index (κ1) is 14.3. The van der Waals surface area contributed by atoms with Gasteiger partial charge in [-0.3, -0.25) is 4.57 Å². The molecule has 0 amide bonds. The monoisotopic (exact) mass is 381 g/mol. The van der Waals surface area contributed by atoms with E-state index in [4.69, 9.17) is 29.1 Å². The first-order chi connectivity index (χ1) is 10.0. The zero-order valence-corrected chi connectivity index (χ0v) is 13.5. The molecule has 0 unspecified atom stereocenters. The van der Waals surface area contributed by atoms with Crippen molar-refractivity contribution in [1.82, 2.24) is 9.55 Å². The molecular formula is C14H6BrClFN3S. The van der Waals surface area contributed by atoms with Crippen LogP contribution in [0.2, 0.25) is 5.02 Å². The van der Waals surface area contributed by atoms with Crippen LogP contribution in [0.4, 0.5) is 4.39 Å². The quantitative estimate of drug-likeness (QED) is 0.594. The van der Waals surface area contributed by atoms with Crippen LogP contribution in [-0.2, 0) is 0 Å².